The van der Waals surface area contributed by atoms with E-state index in [1.807, 2.05) is 24.5 Å². The van der Waals surface area contributed by atoms with Crippen LogP contribution < -0.4 is 11.1 Å². The average Bonchev–Trinajstić information content (AvgIpc) is 3.17. The first-order valence-corrected chi connectivity index (χ1v) is 7.55. The van der Waals surface area contributed by atoms with E-state index in [1.54, 1.807) is 12.3 Å². The van der Waals surface area contributed by atoms with Gasteiger partial charge in [0.05, 0.1) is 23.6 Å². The van der Waals surface area contributed by atoms with E-state index in [-0.39, 0.29) is 17.7 Å². The maximum absolute atomic E-state index is 12.1. The molecule has 7 heteroatoms. The van der Waals surface area contributed by atoms with E-state index < -0.39 is 0 Å². The van der Waals surface area contributed by atoms with Crippen molar-refractivity contribution in [1.82, 2.24) is 15.0 Å². The average molecular weight is 318 g/mol. The molecule has 118 valence electrons. The van der Waals surface area contributed by atoms with Gasteiger partial charge < -0.3 is 16.0 Å². The zero-order chi connectivity index (χ0) is 16.7. The Labute approximate surface area is 137 Å². The molecule has 3 heterocycles. The first kappa shape index (κ1) is 14.2. The lowest BCUT2D eigenvalue weighted by molar-refractivity contribution is -0.117. The van der Waals surface area contributed by atoms with Crippen LogP contribution in [0.4, 0.5) is 11.6 Å². The number of pyridine rings is 2. The van der Waals surface area contributed by atoms with Crippen molar-refractivity contribution in [2.75, 3.05) is 11.1 Å². The van der Waals surface area contributed by atoms with Gasteiger partial charge >= 0.3 is 0 Å². The van der Waals surface area contributed by atoms with Gasteiger partial charge in [-0.25, -0.2) is 9.97 Å². The number of nitrogens with one attached hydrogen (secondary N) is 2. The van der Waals surface area contributed by atoms with Crippen molar-refractivity contribution in [2.24, 2.45) is 11.8 Å². The number of hydrogen-bond donors (Lipinski definition) is 3. The molecular formula is C17H14N6O. The SMILES string of the molecule is N#C[C@H]1C[C@@H]1C(=O)Nc1cc2cc(-c3cc[nH]c3)nc(N)c2cn1. The predicted octanol–water partition coefficient (Wildman–Crippen LogP) is 2.31. The molecular weight excluding hydrogens is 304 g/mol. The minimum Gasteiger partial charge on any atom is -0.383 e. The van der Waals surface area contributed by atoms with Gasteiger partial charge in [0, 0.05) is 29.5 Å². The second-order valence-corrected chi connectivity index (χ2v) is 5.85. The molecule has 2 atom stereocenters. The molecule has 0 saturated heterocycles. The van der Waals surface area contributed by atoms with E-state index in [0.717, 1.165) is 22.0 Å². The van der Waals surface area contributed by atoms with Crippen LogP contribution in [0.15, 0.2) is 36.8 Å². The van der Waals surface area contributed by atoms with Crippen molar-refractivity contribution in [3.63, 3.8) is 0 Å². The lowest BCUT2D eigenvalue weighted by atomic mass is 10.1. The molecule has 3 aromatic heterocycles. The summed E-state index contributed by atoms with van der Waals surface area (Å²) in [4.78, 5) is 23.7. The maximum atomic E-state index is 12.1. The Morgan fingerprint density at radius 2 is 2.33 bits per heavy atom. The van der Waals surface area contributed by atoms with Crippen LogP contribution in [0.1, 0.15) is 6.42 Å². The minimum absolute atomic E-state index is 0.165. The molecule has 0 aliphatic heterocycles. The first-order valence-electron chi connectivity index (χ1n) is 7.55. The Morgan fingerprint density at radius 3 is 3.04 bits per heavy atom. The normalized spacial score (nSPS) is 19.0. The Morgan fingerprint density at radius 1 is 1.46 bits per heavy atom. The summed E-state index contributed by atoms with van der Waals surface area (Å²) in [6, 6.07) is 7.69. The highest BCUT2D eigenvalue weighted by Crippen LogP contribution is 2.38. The molecule has 1 amide bonds. The molecule has 0 aromatic carbocycles. The molecule has 7 nitrogen and oxygen atoms in total. The molecule has 0 radical (unpaired) electrons. The molecule has 1 aliphatic rings. The van der Waals surface area contributed by atoms with E-state index in [9.17, 15) is 4.79 Å². The van der Waals surface area contributed by atoms with Crippen LogP contribution in [0.5, 0.6) is 0 Å². The molecule has 1 fully saturated rings. The number of nitrogens with zero attached hydrogens (tertiary/aromatic N) is 3. The van der Waals surface area contributed by atoms with Gasteiger partial charge in [-0.1, -0.05) is 0 Å². The number of nitrogen functional groups attached to an aromatic ring is 1. The molecule has 3 aromatic rings. The van der Waals surface area contributed by atoms with E-state index in [2.05, 4.69) is 26.3 Å². The summed E-state index contributed by atoms with van der Waals surface area (Å²) in [6.07, 6.45) is 5.87. The third-order valence-electron chi connectivity index (χ3n) is 4.18. The van der Waals surface area contributed by atoms with Crippen molar-refractivity contribution in [3.05, 3.63) is 36.8 Å². The smallest absolute Gasteiger partial charge is 0.230 e. The second-order valence-electron chi connectivity index (χ2n) is 5.85. The number of aromatic amines is 1. The molecule has 24 heavy (non-hydrogen) atoms. The van der Waals surface area contributed by atoms with Gasteiger partial charge in [0.15, 0.2) is 0 Å². The summed E-state index contributed by atoms with van der Waals surface area (Å²) in [5.41, 5.74) is 7.70. The van der Waals surface area contributed by atoms with E-state index >= 15 is 0 Å². The van der Waals surface area contributed by atoms with Crippen LogP contribution in [0.25, 0.3) is 22.0 Å². The quantitative estimate of drug-likeness (QED) is 0.684. The molecule has 4 N–H and O–H groups in total. The number of carbonyl (C=O) groups is 1. The summed E-state index contributed by atoms with van der Waals surface area (Å²) in [7, 11) is 0. The molecule has 0 bridgehead atoms. The first-order chi connectivity index (χ1) is 11.7. The minimum atomic E-state index is -0.231. The number of carbonyl (C=O) groups excluding carboxylic acids is 1. The summed E-state index contributed by atoms with van der Waals surface area (Å²) in [6.45, 7) is 0. The number of nitrogens with two attached hydrogens (primary N) is 1. The van der Waals surface area contributed by atoms with Gasteiger partial charge in [0.1, 0.15) is 11.6 Å². The molecule has 1 saturated carbocycles. The summed E-state index contributed by atoms with van der Waals surface area (Å²) >= 11 is 0. The number of amides is 1. The van der Waals surface area contributed by atoms with Gasteiger partial charge in [0.2, 0.25) is 5.91 Å². The fourth-order valence-corrected chi connectivity index (χ4v) is 2.72. The number of hydrogen-bond acceptors (Lipinski definition) is 5. The standard InChI is InChI=1S/C17H14N6O/c18-6-11-3-12(11)17(24)23-15-5-10-4-14(9-1-2-20-7-9)22-16(19)13(10)8-21-15/h1-2,4-5,7-8,11-12,20H,3H2,(H2,19,22)(H,21,23,24)/t11-,12+/m1/s1. The van der Waals surface area contributed by atoms with Crippen LogP contribution in [0, 0.1) is 23.2 Å². The van der Waals surface area contributed by atoms with Gasteiger partial charge in [-0.2, -0.15) is 5.26 Å². The van der Waals surface area contributed by atoms with Gasteiger partial charge in [-0.15, -0.1) is 0 Å². The predicted molar refractivity (Wildman–Crippen MR) is 89.6 cm³/mol. The van der Waals surface area contributed by atoms with Crippen LogP contribution in [-0.2, 0) is 4.79 Å². The third kappa shape index (κ3) is 2.44. The number of rotatable bonds is 3. The van der Waals surface area contributed by atoms with Crippen LogP contribution in [0.3, 0.4) is 0 Å². The van der Waals surface area contributed by atoms with Crippen molar-refractivity contribution in [2.45, 2.75) is 6.42 Å². The summed E-state index contributed by atoms with van der Waals surface area (Å²) < 4.78 is 0. The van der Waals surface area contributed by atoms with Crippen molar-refractivity contribution in [1.29, 1.82) is 5.26 Å². The highest BCUT2D eigenvalue weighted by atomic mass is 16.2. The van der Waals surface area contributed by atoms with Gasteiger partial charge in [-0.05, 0) is 30.0 Å². The van der Waals surface area contributed by atoms with Gasteiger partial charge in [0.25, 0.3) is 0 Å². The van der Waals surface area contributed by atoms with Crippen molar-refractivity contribution < 1.29 is 4.79 Å². The monoisotopic (exact) mass is 318 g/mol. The fourth-order valence-electron chi connectivity index (χ4n) is 2.72. The summed E-state index contributed by atoms with van der Waals surface area (Å²) in [5, 5.41) is 13.2. The Kier molecular flexibility index (Phi) is 3.17. The number of aromatic nitrogens is 3. The lowest BCUT2D eigenvalue weighted by Crippen LogP contribution is -2.15. The number of H-pyrrole nitrogens is 1. The Balaban J connectivity index is 1.67. The lowest BCUT2D eigenvalue weighted by Gasteiger charge is -2.08. The highest BCUT2D eigenvalue weighted by Gasteiger charge is 2.43. The van der Waals surface area contributed by atoms with Crippen LogP contribution >= 0.6 is 0 Å². The zero-order valence-electron chi connectivity index (χ0n) is 12.7. The second kappa shape index (κ2) is 5.35. The van der Waals surface area contributed by atoms with E-state index in [0.29, 0.717) is 18.1 Å². The van der Waals surface area contributed by atoms with E-state index in [1.165, 1.54) is 0 Å². The number of fused-ring (bicyclic) bond motifs is 1. The zero-order valence-corrected chi connectivity index (χ0v) is 12.7. The van der Waals surface area contributed by atoms with Crippen LogP contribution in [-0.4, -0.2) is 20.9 Å². The maximum Gasteiger partial charge on any atom is 0.230 e. The van der Waals surface area contributed by atoms with E-state index in [4.69, 9.17) is 11.0 Å². The Bertz CT molecular complexity index is 973. The van der Waals surface area contributed by atoms with Gasteiger partial charge in [-0.3, -0.25) is 4.79 Å². The highest BCUT2D eigenvalue weighted by molar-refractivity contribution is 5.98. The van der Waals surface area contributed by atoms with Crippen molar-refractivity contribution >= 4 is 28.3 Å². The molecule has 1 aliphatic carbocycles. The van der Waals surface area contributed by atoms with Crippen molar-refractivity contribution in [3.8, 4) is 17.3 Å². The summed E-state index contributed by atoms with van der Waals surface area (Å²) in [5.74, 6) is 0.264. The topological polar surface area (TPSA) is 120 Å². The molecule has 0 spiro atoms. The molecule has 0 unspecified atom stereocenters. The van der Waals surface area contributed by atoms with Crippen LogP contribution in [0.2, 0.25) is 0 Å². The third-order valence-corrected chi connectivity index (χ3v) is 4.18. The number of anilines is 2. The largest absolute Gasteiger partial charge is 0.383 e. The molecule has 4 rings (SSSR count). The Hall–Kier alpha value is -3.40. The number of nitriles is 1. The fraction of sp³-hybridized carbons (Fsp3) is 0.176.